The van der Waals surface area contributed by atoms with E-state index in [1.165, 1.54) is 25.1 Å². The van der Waals surface area contributed by atoms with Gasteiger partial charge in [-0.25, -0.2) is 0 Å². The lowest BCUT2D eigenvalue weighted by molar-refractivity contribution is -0.136. The summed E-state index contributed by atoms with van der Waals surface area (Å²) in [7, 11) is 7.01. The first-order valence-corrected chi connectivity index (χ1v) is 21.1. The molecule has 2 aliphatic rings. The molecule has 2 aliphatic heterocycles. The number of carbonyl (C=O) groups is 4. The summed E-state index contributed by atoms with van der Waals surface area (Å²) in [6.45, 7) is 25.9. The second-order valence-electron chi connectivity index (χ2n) is 15.1. The average molecular weight is 793 g/mol. The van der Waals surface area contributed by atoms with Crippen molar-refractivity contribution in [3.8, 4) is 0 Å². The number of piperazine rings is 1. The summed E-state index contributed by atoms with van der Waals surface area (Å²) in [5.41, 5.74) is 1.40. The van der Waals surface area contributed by atoms with Gasteiger partial charge in [0.05, 0.1) is 30.8 Å². The SMILES string of the molecule is CC(C)C(C)N1CCNCC1.CCC.CCC(C)C(C(CC)OC)N(C)C(=O)CNC=O.CNCCc1ccccc1.COC(C(C)C=O)C1CCCN1C=O. The van der Waals surface area contributed by atoms with Gasteiger partial charge in [0, 0.05) is 66.0 Å². The molecule has 0 aliphatic carbocycles. The molecule has 12 nitrogen and oxygen atoms in total. The summed E-state index contributed by atoms with van der Waals surface area (Å²) in [5, 5.41) is 8.89. The minimum Gasteiger partial charge on any atom is -0.379 e. The van der Waals surface area contributed by atoms with E-state index in [4.69, 9.17) is 9.47 Å². The van der Waals surface area contributed by atoms with Crippen LogP contribution in [0.1, 0.15) is 100.0 Å². The third-order valence-corrected chi connectivity index (χ3v) is 10.6. The third kappa shape index (κ3) is 22.7. The highest BCUT2D eigenvalue weighted by atomic mass is 16.5. The molecule has 0 saturated carbocycles. The van der Waals surface area contributed by atoms with Gasteiger partial charge in [0.25, 0.3) is 0 Å². The Morgan fingerprint density at radius 3 is 2.00 bits per heavy atom. The molecular weight excluding hydrogens is 709 g/mol. The number of hydrogen-bond donors (Lipinski definition) is 3. The van der Waals surface area contributed by atoms with Gasteiger partial charge in [-0.1, -0.05) is 98.6 Å². The van der Waals surface area contributed by atoms with E-state index in [0.717, 1.165) is 82.9 Å². The maximum atomic E-state index is 11.9. The van der Waals surface area contributed by atoms with Crippen molar-refractivity contribution in [3.05, 3.63) is 35.9 Å². The minimum atomic E-state index is -0.166. The molecule has 0 bridgehead atoms. The van der Waals surface area contributed by atoms with Crippen molar-refractivity contribution in [3.63, 3.8) is 0 Å². The van der Waals surface area contributed by atoms with E-state index in [2.05, 4.69) is 93.6 Å². The first-order chi connectivity index (χ1) is 26.8. The number of carbonyl (C=O) groups excluding carboxylic acids is 4. The zero-order valence-electron chi connectivity index (χ0n) is 37.7. The number of likely N-dealkylation sites (tertiary alicyclic amines) is 1. The number of benzene rings is 1. The van der Waals surface area contributed by atoms with Gasteiger partial charge in [-0.2, -0.15) is 0 Å². The van der Waals surface area contributed by atoms with E-state index >= 15 is 0 Å². The highest BCUT2D eigenvalue weighted by Crippen LogP contribution is 2.24. The minimum absolute atomic E-state index is 0.0186. The summed E-state index contributed by atoms with van der Waals surface area (Å²) in [5.74, 6) is 0.877. The first kappa shape index (κ1) is 55.2. The molecule has 7 unspecified atom stereocenters. The number of ether oxygens (including phenoxy) is 2. The number of aldehydes is 1. The zero-order chi connectivity index (χ0) is 42.9. The highest BCUT2D eigenvalue weighted by molar-refractivity contribution is 5.80. The van der Waals surface area contributed by atoms with Crippen LogP contribution in [0.15, 0.2) is 30.3 Å². The Balaban J connectivity index is 0. The van der Waals surface area contributed by atoms with Crippen molar-refractivity contribution in [2.45, 2.75) is 131 Å². The fraction of sp³-hybridized carbons (Fsp3) is 0.773. The van der Waals surface area contributed by atoms with Gasteiger partial charge >= 0.3 is 0 Å². The lowest BCUT2D eigenvalue weighted by atomic mass is 9.91. The number of methoxy groups -OCH3 is 2. The summed E-state index contributed by atoms with van der Waals surface area (Å²) in [6.07, 6.45) is 8.24. The Kier molecular flexibility index (Phi) is 34.8. The number of likely N-dealkylation sites (N-methyl/N-ethyl adjacent to an activating group) is 2. The predicted molar refractivity (Wildman–Crippen MR) is 232 cm³/mol. The van der Waals surface area contributed by atoms with Crippen LogP contribution in [0.5, 0.6) is 0 Å². The molecular formula is C44H84N6O6. The van der Waals surface area contributed by atoms with Crippen molar-refractivity contribution >= 4 is 25.0 Å². The molecule has 1 aromatic rings. The number of hydrogen-bond acceptors (Lipinski definition) is 9. The first-order valence-electron chi connectivity index (χ1n) is 21.1. The van der Waals surface area contributed by atoms with Crippen LogP contribution in [-0.2, 0) is 35.1 Å². The summed E-state index contributed by atoms with van der Waals surface area (Å²) in [6, 6.07) is 11.3. The van der Waals surface area contributed by atoms with E-state index in [1.54, 1.807) is 31.1 Å². The molecule has 3 amide bonds. The second-order valence-corrected chi connectivity index (χ2v) is 15.1. The summed E-state index contributed by atoms with van der Waals surface area (Å²) >= 11 is 0. The smallest absolute Gasteiger partial charge is 0.242 e. The fourth-order valence-corrected chi connectivity index (χ4v) is 6.73. The topological polar surface area (TPSA) is 133 Å². The Morgan fingerprint density at radius 2 is 1.55 bits per heavy atom. The van der Waals surface area contributed by atoms with Gasteiger partial charge in [-0.05, 0) is 63.6 Å². The standard InChI is InChI=1S/C13H26N2O3.C10H17NO3.C9H20N2.C9H13N.C3H8/c1-6-10(3)13(11(7-2)18-5)15(4)12(17)8-14-9-16;1-8(6-12)10(14-2)9-4-3-5-11(9)7-13;1-8(2)9(3)11-6-4-10-5-7-11;1-10-8-7-9-5-3-2-4-6-9;1-3-2/h9-11,13H,6-8H2,1-5H3,(H,14,16);6-10H,3-5H2,1-2H3;8-10H,4-7H2,1-3H3;2-6,10H,7-8H2,1H3;3H2,1-2H3. The van der Waals surface area contributed by atoms with Gasteiger partial charge in [-0.3, -0.25) is 19.3 Å². The molecule has 2 fully saturated rings. The van der Waals surface area contributed by atoms with Crippen LogP contribution in [0, 0.1) is 17.8 Å². The number of amides is 3. The van der Waals surface area contributed by atoms with Crippen molar-refractivity contribution in [2.75, 3.05) is 74.1 Å². The van der Waals surface area contributed by atoms with Gasteiger partial charge < -0.3 is 40.0 Å². The van der Waals surface area contributed by atoms with Crippen LogP contribution in [0.2, 0.25) is 0 Å². The van der Waals surface area contributed by atoms with Crippen LogP contribution in [0.25, 0.3) is 0 Å². The van der Waals surface area contributed by atoms with Crippen molar-refractivity contribution < 1.29 is 28.7 Å². The van der Waals surface area contributed by atoms with Crippen molar-refractivity contribution in [1.29, 1.82) is 0 Å². The van der Waals surface area contributed by atoms with E-state index in [9.17, 15) is 19.2 Å². The molecule has 1 aromatic carbocycles. The fourth-order valence-electron chi connectivity index (χ4n) is 6.73. The largest absolute Gasteiger partial charge is 0.379 e. The molecule has 326 valence electrons. The Bertz CT molecular complexity index is 1090. The highest BCUT2D eigenvalue weighted by Gasteiger charge is 2.34. The molecule has 12 heteroatoms. The predicted octanol–water partition coefficient (Wildman–Crippen LogP) is 5.29. The zero-order valence-corrected chi connectivity index (χ0v) is 37.7. The normalized spacial score (nSPS) is 18.2. The molecule has 0 radical (unpaired) electrons. The van der Waals surface area contributed by atoms with Crippen LogP contribution in [0.4, 0.5) is 0 Å². The third-order valence-electron chi connectivity index (χ3n) is 10.6. The van der Waals surface area contributed by atoms with E-state index in [-0.39, 0.29) is 42.7 Å². The van der Waals surface area contributed by atoms with E-state index in [0.29, 0.717) is 12.3 Å². The van der Waals surface area contributed by atoms with Crippen LogP contribution in [-0.4, -0.2) is 144 Å². The monoisotopic (exact) mass is 793 g/mol. The molecule has 0 aromatic heterocycles. The lowest BCUT2D eigenvalue weighted by Crippen LogP contribution is -2.51. The maximum Gasteiger partial charge on any atom is 0.242 e. The van der Waals surface area contributed by atoms with E-state index in [1.807, 2.05) is 27.0 Å². The van der Waals surface area contributed by atoms with Gasteiger partial charge in [0.15, 0.2) is 0 Å². The van der Waals surface area contributed by atoms with Crippen LogP contribution < -0.4 is 16.0 Å². The number of nitrogens with one attached hydrogen (secondary N) is 3. The molecule has 2 saturated heterocycles. The van der Waals surface area contributed by atoms with E-state index < -0.39 is 0 Å². The van der Waals surface area contributed by atoms with Gasteiger partial charge in [0.1, 0.15) is 6.29 Å². The van der Waals surface area contributed by atoms with Gasteiger partial charge in [0.2, 0.25) is 18.7 Å². The number of rotatable bonds is 19. The molecule has 2 heterocycles. The average Bonchev–Trinajstić information content (AvgIpc) is 3.70. The maximum absolute atomic E-state index is 11.9. The van der Waals surface area contributed by atoms with Gasteiger partial charge in [-0.15, -0.1) is 0 Å². The molecule has 3 rings (SSSR count). The lowest BCUT2D eigenvalue weighted by Gasteiger charge is -2.37. The van der Waals surface area contributed by atoms with Crippen molar-refractivity contribution in [2.24, 2.45) is 17.8 Å². The molecule has 0 spiro atoms. The summed E-state index contributed by atoms with van der Waals surface area (Å²) < 4.78 is 10.8. The number of nitrogens with zero attached hydrogens (tertiary/aromatic N) is 3. The second kappa shape index (κ2) is 35.3. The van der Waals surface area contributed by atoms with Crippen LogP contribution >= 0.6 is 0 Å². The van der Waals surface area contributed by atoms with Crippen LogP contribution in [0.3, 0.4) is 0 Å². The Hall–Kier alpha value is -2.90. The quantitative estimate of drug-likeness (QED) is 0.160. The summed E-state index contributed by atoms with van der Waals surface area (Å²) in [4.78, 5) is 49.6. The molecule has 56 heavy (non-hydrogen) atoms. The van der Waals surface area contributed by atoms with Crippen molar-refractivity contribution in [1.82, 2.24) is 30.7 Å². The molecule has 7 atom stereocenters. The Labute approximate surface area is 342 Å². The molecule has 3 N–H and O–H groups in total. The Morgan fingerprint density at radius 1 is 0.946 bits per heavy atom.